The number of aromatic amines is 1. The van der Waals surface area contributed by atoms with Gasteiger partial charge in [-0.1, -0.05) is 19.9 Å². The molecular weight excluding hydrogens is 380 g/mol. The van der Waals surface area contributed by atoms with Gasteiger partial charge >= 0.3 is 0 Å². The van der Waals surface area contributed by atoms with Crippen molar-refractivity contribution in [3.8, 4) is 17.1 Å². The summed E-state index contributed by atoms with van der Waals surface area (Å²) in [7, 11) is 3.39. The average molecular weight is 404 g/mol. The van der Waals surface area contributed by atoms with Gasteiger partial charge in [0, 0.05) is 30.1 Å². The number of H-pyrrole nitrogens is 1. The van der Waals surface area contributed by atoms with E-state index in [9.17, 15) is 4.79 Å². The maximum Gasteiger partial charge on any atom is 0.225 e. The Morgan fingerprint density at radius 1 is 1.23 bits per heavy atom. The van der Waals surface area contributed by atoms with Crippen LogP contribution in [0.2, 0.25) is 0 Å². The van der Waals surface area contributed by atoms with Crippen LogP contribution < -0.4 is 10.1 Å². The van der Waals surface area contributed by atoms with Crippen LogP contribution in [0.4, 0.5) is 11.6 Å². The summed E-state index contributed by atoms with van der Waals surface area (Å²) in [5.41, 5.74) is 3.22. The lowest BCUT2D eigenvalue weighted by Gasteiger charge is -2.10. The van der Waals surface area contributed by atoms with Gasteiger partial charge in [0.25, 0.3) is 0 Å². The number of hydrogen-bond acceptors (Lipinski definition) is 6. The van der Waals surface area contributed by atoms with Crippen molar-refractivity contribution in [2.24, 2.45) is 13.0 Å². The fraction of sp³-hybridized carbons (Fsp3) is 0.273. The van der Waals surface area contributed by atoms with Crippen molar-refractivity contribution in [2.45, 2.75) is 20.3 Å². The summed E-state index contributed by atoms with van der Waals surface area (Å²) in [5.74, 6) is 2.04. The van der Waals surface area contributed by atoms with Gasteiger partial charge in [0.1, 0.15) is 5.75 Å². The summed E-state index contributed by atoms with van der Waals surface area (Å²) in [4.78, 5) is 17.1. The summed E-state index contributed by atoms with van der Waals surface area (Å²) in [6, 6.07) is 11.4. The average Bonchev–Trinajstić information content (AvgIpc) is 3.33. The highest BCUT2D eigenvalue weighted by Crippen LogP contribution is 2.28. The molecule has 0 aliphatic rings. The molecule has 2 aromatic carbocycles. The molecule has 2 heterocycles. The molecule has 0 saturated carbocycles. The zero-order valence-electron chi connectivity index (χ0n) is 17.4. The first-order valence-electron chi connectivity index (χ1n) is 9.77. The standard InChI is InChI=1S/C22H24N6O2/c1-13(2)9-19(29)17-7-5-14(11-20(17)30-4)21-25-22(28(3)27-21)24-16-6-8-18-15(10-16)12-23-26-18/h5-8,10-13H,9H2,1-4H3,(H,23,26)(H,24,25,27). The number of Topliss-reactive ketones (excluding diaryl/α,β-unsaturated/α-hetero) is 1. The second kappa shape index (κ2) is 7.98. The number of aromatic nitrogens is 5. The molecule has 0 bridgehead atoms. The number of hydrogen-bond donors (Lipinski definition) is 2. The number of aryl methyl sites for hydroxylation is 1. The zero-order valence-corrected chi connectivity index (χ0v) is 17.4. The lowest BCUT2D eigenvalue weighted by atomic mass is 9.99. The van der Waals surface area contributed by atoms with Crippen LogP contribution in [-0.4, -0.2) is 37.9 Å². The largest absolute Gasteiger partial charge is 0.496 e. The Hall–Kier alpha value is -3.68. The van der Waals surface area contributed by atoms with Gasteiger partial charge in [-0.05, 0) is 36.2 Å². The van der Waals surface area contributed by atoms with E-state index in [0.29, 0.717) is 29.5 Å². The molecule has 8 heteroatoms. The first-order valence-corrected chi connectivity index (χ1v) is 9.77. The molecule has 4 rings (SSSR count). The molecular formula is C22H24N6O2. The van der Waals surface area contributed by atoms with Gasteiger partial charge in [-0.25, -0.2) is 4.68 Å². The second-order valence-electron chi connectivity index (χ2n) is 7.62. The topological polar surface area (TPSA) is 97.7 Å². The number of anilines is 2. The Morgan fingerprint density at radius 2 is 2.07 bits per heavy atom. The maximum atomic E-state index is 12.5. The minimum atomic E-state index is 0.0689. The predicted molar refractivity (Wildman–Crippen MR) is 116 cm³/mol. The lowest BCUT2D eigenvalue weighted by Crippen LogP contribution is -2.06. The third-order valence-electron chi connectivity index (χ3n) is 4.81. The number of fused-ring (bicyclic) bond motifs is 1. The van der Waals surface area contributed by atoms with Crippen molar-refractivity contribution in [1.29, 1.82) is 0 Å². The molecule has 2 aromatic heterocycles. The molecule has 0 saturated heterocycles. The van der Waals surface area contributed by atoms with Gasteiger partial charge in [0.15, 0.2) is 11.6 Å². The van der Waals surface area contributed by atoms with Crippen molar-refractivity contribution in [3.63, 3.8) is 0 Å². The van der Waals surface area contributed by atoms with Crippen LogP contribution in [0.15, 0.2) is 42.6 Å². The van der Waals surface area contributed by atoms with Crippen LogP contribution >= 0.6 is 0 Å². The summed E-state index contributed by atoms with van der Waals surface area (Å²) in [6.07, 6.45) is 2.25. The summed E-state index contributed by atoms with van der Waals surface area (Å²) >= 11 is 0. The SMILES string of the molecule is COc1cc(-c2nc(Nc3ccc4[nH]ncc4c3)n(C)n2)ccc1C(=O)CC(C)C. The fourth-order valence-electron chi connectivity index (χ4n) is 3.31. The van der Waals surface area contributed by atoms with Crippen molar-refractivity contribution in [3.05, 3.63) is 48.2 Å². The van der Waals surface area contributed by atoms with E-state index >= 15 is 0 Å². The summed E-state index contributed by atoms with van der Waals surface area (Å²) in [5, 5.41) is 15.8. The quantitative estimate of drug-likeness (QED) is 0.445. The number of methoxy groups -OCH3 is 1. The normalized spacial score (nSPS) is 11.2. The second-order valence-corrected chi connectivity index (χ2v) is 7.62. The van der Waals surface area contributed by atoms with Crippen molar-refractivity contribution >= 4 is 28.3 Å². The minimum Gasteiger partial charge on any atom is -0.496 e. The first kappa shape index (κ1) is 19.6. The highest BCUT2D eigenvalue weighted by atomic mass is 16.5. The number of ether oxygens (including phenoxy) is 1. The number of nitrogens with zero attached hydrogens (tertiary/aromatic N) is 4. The molecule has 0 aliphatic heterocycles. The van der Waals surface area contributed by atoms with Crippen LogP contribution in [0.1, 0.15) is 30.6 Å². The molecule has 0 unspecified atom stereocenters. The minimum absolute atomic E-state index is 0.0689. The molecule has 4 aromatic rings. The van der Waals surface area contributed by atoms with Gasteiger partial charge in [0.2, 0.25) is 5.95 Å². The van der Waals surface area contributed by atoms with E-state index < -0.39 is 0 Å². The highest BCUT2D eigenvalue weighted by molar-refractivity contribution is 5.99. The molecule has 30 heavy (non-hydrogen) atoms. The maximum absolute atomic E-state index is 12.5. The molecule has 0 spiro atoms. The number of rotatable bonds is 7. The van der Waals surface area contributed by atoms with Gasteiger partial charge in [-0.15, -0.1) is 5.10 Å². The van der Waals surface area contributed by atoms with E-state index in [1.807, 2.05) is 51.2 Å². The van der Waals surface area contributed by atoms with Crippen LogP contribution in [0.3, 0.4) is 0 Å². The van der Waals surface area contributed by atoms with Gasteiger partial charge in [-0.3, -0.25) is 9.89 Å². The van der Waals surface area contributed by atoms with Gasteiger partial charge in [0.05, 0.1) is 24.4 Å². The molecule has 0 radical (unpaired) electrons. The Balaban J connectivity index is 1.61. The fourth-order valence-corrected chi connectivity index (χ4v) is 3.31. The molecule has 0 amide bonds. The van der Waals surface area contributed by atoms with Crippen LogP contribution in [-0.2, 0) is 7.05 Å². The summed E-state index contributed by atoms with van der Waals surface area (Å²) in [6.45, 7) is 4.05. The number of carbonyl (C=O) groups excluding carboxylic acids is 1. The number of ketones is 1. The van der Waals surface area contributed by atoms with Gasteiger partial charge in [-0.2, -0.15) is 10.1 Å². The molecule has 0 atom stereocenters. The van der Waals surface area contributed by atoms with Gasteiger partial charge < -0.3 is 10.1 Å². The Kier molecular flexibility index (Phi) is 5.22. The molecule has 2 N–H and O–H groups in total. The smallest absolute Gasteiger partial charge is 0.225 e. The summed E-state index contributed by atoms with van der Waals surface area (Å²) < 4.78 is 7.15. The van der Waals surface area contributed by atoms with E-state index in [1.165, 1.54) is 0 Å². The monoisotopic (exact) mass is 404 g/mol. The Labute approximate surface area is 174 Å². The number of benzene rings is 2. The van der Waals surface area contributed by atoms with Crippen molar-refractivity contribution in [1.82, 2.24) is 25.0 Å². The van der Waals surface area contributed by atoms with E-state index in [0.717, 1.165) is 22.2 Å². The first-order chi connectivity index (χ1) is 14.4. The highest BCUT2D eigenvalue weighted by Gasteiger charge is 2.17. The molecule has 0 fully saturated rings. The molecule has 8 nitrogen and oxygen atoms in total. The van der Waals surface area contributed by atoms with Crippen LogP contribution in [0, 0.1) is 5.92 Å². The van der Waals surface area contributed by atoms with E-state index in [2.05, 4.69) is 25.6 Å². The molecule has 154 valence electrons. The van der Waals surface area contributed by atoms with Crippen LogP contribution in [0.25, 0.3) is 22.3 Å². The number of nitrogens with one attached hydrogen (secondary N) is 2. The van der Waals surface area contributed by atoms with E-state index in [4.69, 9.17) is 4.74 Å². The molecule has 0 aliphatic carbocycles. The lowest BCUT2D eigenvalue weighted by molar-refractivity contribution is 0.0965. The van der Waals surface area contributed by atoms with Crippen molar-refractivity contribution < 1.29 is 9.53 Å². The predicted octanol–water partition coefficient (Wildman–Crippen LogP) is 4.34. The third kappa shape index (κ3) is 3.89. The van der Waals surface area contributed by atoms with E-state index in [-0.39, 0.29) is 11.7 Å². The Morgan fingerprint density at radius 3 is 2.83 bits per heavy atom. The zero-order chi connectivity index (χ0) is 21.3. The Bertz CT molecular complexity index is 1210. The van der Waals surface area contributed by atoms with Crippen LogP contribution in [0.5, 0.6) is 5.75 Å². The van der Waals surface area contributed by atoms with E-state index in [1.54, 1.807) is 24.1 Å². The number of carbonyl (C=O) groups is 1. The third-order valence-corrected chi connectivity index (χ3v) is 4.81. The van der Waals surface area contributed by atoms with Crippen molar-refractivity contribution in [2.75, 3.05) is 12.4 Å².